The number of nitrogens with one attached hydrogen (secondary N) is 1. The first-order valence-electron chi connectivity index (χ1n) is 6.16. The van der Waals surface area contributed by atoms with Gasteiger partial charge in [-0.25, -0.2) is 0 Å². The minimum Gasteiger partial charge on any atom is -0.308 e. The zero-order valence-corrected chi connectivity index (χ0v) is 11.4. The Morgan fingerprint density at radius 3 is 2.38 bits per heavy atom. The van der Waals surface area contributed by atoms with Gasteiger partial charge in [0.05, 0.1) is 0 Å². The van der Waals surface area contributed by atoms with E-state index >= 15 is 0 Å². The van der Waals surface area contributed by atoms with Gasteiger partial charge in [-0.3, -0.25) is 4.98 Å². The molecular weight excluding hydrogens is 196 g/mol. The summed E-state index contributed by atoms with van der Waals surface area (Å²) in [6.45, 7) is 13.0. The Bertz CT molecular complexity index is 335. The van der Waals surface area contributed by atoms with Crippen LogP contribution >= 0.6 is 0 Å². The molecule has 2 unspecified atom stereocenters. The van der Waals surface area contributed by atoms with E-state index < -0.39 is 0 Å². The zero-order valence-electron chi connectivity index (χ0n) is 11.4. The van der Waals surface area contributed by atoms with Gasteiger partial charge in [-0.15, -0.1) is 0 Å². The Morgan fingerprint density at radius 1 is 1.25 bits per heavy atom. The smallest absolute Gasteiger partial charge is 0.0426 e. The Kier molecular flexibility index (Phi) is 4.48. The zero-order chi connectivity index (χ0) is 12.3. The fourth-order valence-electron chi connectivity index (χ4n) is 2.32. The predicted molar refractivity (Wildman–Crippen MR) is 69.8 cm³/mol. The summed E-state index contributed by atoms with van der Waals surface area (Å²) in [6.07, 6.45) is 1.15. The maximum absolute atomic E-state index is 4.55. The Labute approximate surface area is 99.5 Å². The van der Waals surface area contributed by atoms with E-state index in [0.717, 1.165) is 17.8 Å². The number of hydrogen-bond acceptors (Lipinski definition) is 2. The third-order valence-corrected chi connectivity index (χ3v) is 3.16. The third kappa shape index (κ3) is 3.05. The fraction of sp³-hybridized carbons (Fsp3) is 0.643. The lowest BCUT2D eigenvalue weighted by Crippen LogP contribution is -2.29. The molecule has 1 rings (SSSR count). The van der Waals surface area contributed by atoms with Crippen molar-refractivity contribution in [2.75, 3.05) is 0 Å². The lowest BCUT2D eigenvalue weighted by Gasteiger charge is -2.22. The minimum atomic E-state index is 0.378. The molecule has 0 fully saturated rings. The average molecular weight is 220 g/mol. The molecule has 0 saturated heterocycles. The number of nitrogens with zero attached hydrogens (tertiary/aromatic N) is 1. The molecule has 90 valence electrons. The van der Waals surface area contributed by atoms with Crippen molar-refractivity contribution in [3.63, 3.8) is 0 Å². The van der Waals surface area contributed by atoms with Gasteiger partial charge in [-0.05, 0) is 58.2 Å². The van der Waals surface area contributed by atoms with E-state index in [1.165, 1.54) is 11.1 Å². The lowest BCUT2D eigenvalue weighted by atomic mass is 9.99. The van der Waals surface area contributed by atoms with Crippen LogP contribution in [0.3, 0.4) is 0 Å². The summed E-state index contributed by atoms with van der Waals surface area (Å²) in [6, 6.07) is 3.09. The number of pyridine rings is 1. The van der Waals surface area contributed by atoms with E-state index in [9.17, 15) is 0 Å². The van der Waals surface area contributed by atoms with Gasteiger partial charge in [0.25, 0.3) is 0 Å². The highest BCUT2D eigenvalue weighted by Gasteiger charge is 2.14. The highest BCUT2D eigenvalue weighted by Crippen LogP contribution is 2.21. The minimum absolute atomic E-state index is 0.378. The normalized spacial score (nSPS) is 14.9. The highest BCUT2D eigenvalue weighted by atomic mass is 14.9. The summed E-state index contributed by atoms with van der Waals surface area (Å²) in [5.41, 5.74) is 4.95. The van der Waals surface area contributed by atoms with E-state index in [-0.39, 0.29) is 0 Å². The van der Waals surface area contributed by atoms with E-state index in [1.807, 2.05) is 0 Å². The summed E-state index contributed by atoms with van der Waals surface area (Å²) in [7, 11) is 0. The van der Waals surface area contributed by atoms with Crippen molar-refractivity contribution in [2.45, 2.75) is 60.0 Å². The number of hydrogen-bond donors (Lipinski definition) is 1. The van der Waals surface area contributed by atoms with Gasteiger partial charge in [0.15, 0.2) is 0 Å². The first-order valence-corrected chi connectivity index (χ1v) is 6.16. The molecule has 0 aliphatic rings. The van der Waals surface area contributed by atoms with E-state index in [4.69, 9.17) is 0 Å². The van der Waals surface area contributed by atoms with Crippen LogP contribution in [0.4, 0.5) is 0 Å². The molecule has 0 spiro atoms. The second-order valence-electron chi connectivity index (χ2n) is 4.78. The molecule has 0 amide bonds. The van der Waals surface area contributed by atoms with Gasteiger partial charge in [0.2, 0.25) is 0 Å². The van der Waals surface area contributed by atoms with Gasteiger partial charge >= 0.3 is 0 Å². The van der Waals surface area contributed by atoms with Crippen LogP contribution in [0.1, 0.15) is 55.7 Å². The summed E-state index contributed by atoms with van der Waals surface area (Å²) in [5, 5.41) is 3.61. The largest absolute Gasteiger partial charge is 0.308 e. The van der Waals surface area contributed by atoms with Crippen molar-refractivity contribution >= 4 is 0 Å². The maximum Gasteiger partial charge on any atom is 0.0426 e. The summed E-state index contributed by atoms with van der Waals surface area (Å²) in [4.78, 5) is 4.55. The Morgan fingerprint density at radius 2 is 1.88 bits per heavy atom. The van der Waals surface area contributed by atoms with Crippen LogP contribution in [0.5, 0.6) is 0 Å². The topological polar surface area (TPSA) is 24.9 Å². The van der Waals surface area contributed by atoms with Crippen molar-refractivity contribution in [3.8, 4) is 0 Å². The average Bonchev–Trinajstić information content (AvgIpc) is 2.15. The first kappa shape index (κ1) is 13.2. The van der Waals surface area contributed by atoms with Gasteiger partial charge in [-0.2, -0.15) is 0 Å². The molecule has 0 aliphatic carbocycles. The van der Waals surface area contributed by atoms with Gasteiger partial charge < -0.3 is 5.32 Å². The predicted octanol–water partition coefficient (Wildman–Crippen LogP) is 3.46. The number of aromatic nitrogens is 1. The lowest BCUT2D eigenvalue weighted by molar-refractivity contribution is 0.466. The molecule has 0 aromatic carbocycles. The van der Waals surface area contributed by atoms with E-state index in [0.29, 0.717) is 12.1 Å². The van der Waals surface area contributed by atoms with Crippen molar-refractivity contribution < 1.29 is 0 Å². The van der Waals surface area contributed by atoms with Crippen LogP contribution in [0.2, 0.25) is 0 Å². The van der Waals surface area contributed by atoms with Crippen molar-refractivity contribution in [2.24, 2.45) is 0 Å². The third-order valence-electron chi connectivity index (χ3n) is 3.16. The monoisotopic (exact) mass is 220 g/mol. The molecule has 0 radical (unpaired) electrons. The van der Waals surface area contributed by atoms with Gasteiger partial charge in [-0.1, -0.05) is 6.92 Å². The van der Waals surface area contributed by atoms with Crippen LogP contribution in [0.15, 0.2) is 6.07 Å². The molecule has 1 aromatic rings. The van der Waals surface area contributed by atoms with Crippen molar-refractivity contribution in [1.29, 1.82) is 0 Å². The molecular formula is C14H24N2. The van der Waals surface area contributed by atoms with E-state index in [1.54, 1.807) is 0 Å². The van der Waals surface area contributed by atoms with Gasteiger partial charge in [0.1, 0.15) is 0 Å². The molecule has 2 heteroatoms. The van der Waals surface area contributed by atoms with Crippen LogP contribution in [-0.2, 0) is 0 Å². The molecule has 0 saturated carbocycles. The standard InChI is InChI=1S/C14H24N2/c1-7-10(3)15-12(5)14-9(2)8-11(4)16-13(14)6/h8,10,12,15H,7H2,1-6H3. The summed E-state index contributed by atoms with van der Waals surface area (Å²) < 4.78 is 0. The quantitative estimate of drug-likeness (QED) is 0.840. The van der Waals surface area contributed by atoms with Crippen LogP contribution < -0.4 is 5.32 Å². The molecule has 1 N–H and O–H groups in total. The summed E-state index contributed by atoms with van der Waals surface area (Å²) >= 11 is 0. The second kappa shape index (κ2) is 5.44. The van der Waals surface area contributed by atoms with Crippen LogP contribution in [-0.4, -0.2) is 11.0 Å². The van der Waals surface area contributed by atoms with Gasteiger partial charge in [0, 0.05) is 23.5 Å². The SMILES string of the molecule is CCC(C)NC(C)c1c(C)cc(C)nc1C. The fourth-order valence-corrected chi connectivity index (χ4v) is 2.32. The second-order valence-corrected chi connectivity index (χ2v) is 4.78. The Hall–Kier alpha value is -0.890. The number of aryl methyl sites for hydroxylation is 3. The van der Waals surface area contributed by atoms with Crippen LogP contribution in [0, 0.1) is 20.8 Å². The molecule has 1 aromatic heterocycles. The Balaban J connectivity index is 2.95. The van der Waals surface area contributed by atoms with E-state index in [2.05, 4.69) is 57.9 Å². The first-order chi connectivity index (χ1) is 7.45. The molecule has 2 atom stereocenters. The molecule has 16 heavy (non-hydrogen) atoms. The molecule has 2 nitrogen and oxygen atoms in total. The summed E-state index contributed by atoms with van der Waals surface area (Å²) in [5.74, 6) is 0. The number of rotatable bonds is 4. The highest BCUT2D eigenvalue weighted by molar-refractivity contribution is 5.33. The molecule has 1 heterocycles. The van der Waals surface area contributed by atoms with Crippen molar-refractivity contribution in [1.82, 2.24) is 10.3 Å². The maximum atomic E-state index is 4.55. The van der Waals surface area contributed by atoms with Crippen molar-refractivity contribution in [3.05, 3.63) is 28.6 Å². The molecule has 0 aliphatic heterocycles. The molecule has 0 bridgehead atoms. The van der Waals surface area contributed by atoms with Crippen LogP contribution in [0.25, 0.3) is 0 Å².